The van der Waals surface area contributed by atoms with Gasteiger partial charge < -0.3 is 0 Å². The first-order valence-electron chi connectivity index (χ1n) is 4.69. The van der Waals surface area contributed by atoms with Crippen LogP contribution < -0.4 is 5.30 Å². The standard InChI is InChI=1S/C11H15P.B/c1-10-6-5-9-12(10)11-7-3-2-4-8-11;/h2-4,7-8,10H,5-6,9H2,1H3;/t10-,12-;/m0./s1. The van der Waals surface area contributed by atoms with E-state index in [2.05, 4.69) is 37.3 Å². The van der Waals surface area contributed by atoms with E-state index >= 15 is 0 Å². The molecule has 1 fully saturated rings. The molecule has 0 aliphatic carbocycles. The first kappa shape index (κ1) is 10.8. The van der Waals surface area contributed by atoms with Crippen LogP contribution in [-0.4, -0.2) is 20.2 Å². The SMILES string of the molecule is C[C@H]1CCC[P@]1c1ccccc1.[B]. The van der Waals surface area contributed by atoms with E-state index < -0.39 is 0 Å². The fourth-order valence-corrected chi connectivity index (χ4v) is 4.72. The second-order valence-corrected chi connectivity index (χ2v) is 6.30. The largest absolute Gasteiger partial charge is 0.0724 e. The monoisotopic (exact) mass is 189 g/mol. The predicted molar refractivity (Wildman–Crippen MR) is 62.3 cm³/mol. The average Bonchev–Trinajstić information content (AvgIpc) is 2.53. The second-order valence-electron chi connectivity index (χ2n) is 3.52. The summed E-state index contributed by atoms with van der Waals surface area (Å²) in [7, 11) is 0.199. The summed E-state index contributed by atoms with van der Waals surface area (Å²) in [6.07, 6.45) is 4.35. The average molecular weight is 189 g/mol. The Hall–Kier alpha value is -0.285. The minimum Gasteiger partial charge on any atom is -0.0724 e. The molecule has 0 N–H and O–H groups in total. The molecule has 1 aromatic carbocycles. The molecule has 2 atom stereocenters. The van der Waals surface area contributed by atoms with Crippen molar-refractivity contribution in [2.45, 2.75) is 25.4 Å². The summed E-state index contributed by atoms with van der Waals surface area (Å²) in [5.74, 6) is 0. The van der Waals surface area contributed by atoms with Crippen molar-refractivity contribution in [3.63, 3.8) is 0 Å². The fraction of sp³-hybridized carbons (Fsp3) is 0.455. The summed E-state index contributed by atoms with van der Waals surface area (Å²) in [5, 5.41) is 1.61. The summed E-state index contributed by atoms with van der Waals surface area (Å²) in [6, 6.07) is 11.0. The van der Waals surface area contributed by atoms with Crippen LogP contribution in [0.3, 0.4) is 0 Å². The van der Waals surface area contributed by atoms with Gasteiger partial charge in [0.15, 0.2) is 0 Å². The molecular weight excluding hydrogens is 174 g/mol. The second kappa shape index (κ2) is 4.81. The van der Waals surface area contributed by atoms with Gasteiger partial charge in [0.2, 0.25) is 0 Å². The molecule has 0 bridgehead atoms. The Morgan fingerprint density at radius 1 is 1.23 bits per heavy atom. The van der Waals surface area contributed by atoms with E-state index in [1.54, 1.807) is 5.30 Å². The van der Waals surface area contributed by atoms with Crippen molar-refractivity contribution in [2.75, 3.05) is 6.16 Å². The molecule has 0 saturated carbocycles. The van der Waals surface area contributed by atoms with Crippen molar-refractivity contribution in [3.05, 3.63) is 30.3 Å². The van der Waals surface area contributed by atoms with Gasteiger partial charge in [-0.25, -0.2) is 0 Å². The maximum atomic E-state index is 2.41. The number of hydrogen-bond donors (Lipinski definition) is 0. The van der Waals surface area contributed by atoms with Crippen LogP contribution in [0.2, 0.25) is 0 Å². The van der Waals surface area contributed by atoms with Crippen LogP contribution >= 0.6 is 7.92 Å². The molecule has 0 nitrogen and oxygen atoms in total. The third-order valence-electron chi connectivity index (χ3n) is 2.64. The van der Waals surface area contributed by atoms with E-state index in [1.807, 2.05) is 0 Å². The van der Waals surface area contributed by atoms with E-state index in [0.717, 1.165) is 5.66 Å². The van der Waals surface area contributed by atoms with Crippen molar-refractivity contribution >= 4 is 21.6 Å². The van der Waals surface area contributed by atoms with Gasteiger partial charge >= 0.3 is 0 Å². The minimum atomic E-state index is 0. The molecule has 2 rings (SSSR count). The lowest BCUT2D eigenvalue weighted by Crippen LogP contribution is -2.05. The molecule has 1 saturated heterocycles. The van der Waals surface area contributed by atoms with Crippen LogP contribution in [0.15, 0.2) is 30.3 Å². The van der Waals surface area contributed by atoms with Crippen LogP contribution in [0.1, 0.15) is 19.8 Å². The molecule has 2 heteroatoms. The van der Waals surface area contributed by atoms with Crippen LogP contribution in [0, 0.1) is 0 Å². The lowest BCUT2D eigenvalue weighted by atomic mass is 10.3. The predicted octanol–water partition coefficient (Wildman–Crippen LogP) is 2.60. The molecule has 3 radical (unpaired) electrons. The Kier molecular flexibility index (Phi) is 4.00. The third kappa shape index (κ3) is 2.34. The molecule has 67 valence electrons. The third-order valence-corrected chi connectivity index (χ3v) is 5.72. The molecule has 0 amide bonds. The molecule has 1 aliphatic rings. The zero-order valence-electron chi connectivity index (χ0n) is 8.11. The van der Waals surface area contributed by atoms with Gasteiger partial charge in [-0.1, -0.05) is 45.2 Å². The van der Waals surface area contributed by atoms with Gasteiger partial charge in [0.05, 0.1) is 0 Å². The Balaban J connectivity index is 0.000000845. The van der Waals surface area contributed by atoms with Crippen LogP contribution in [0.4, 0.5) is 0 Å². The number of benzene rings is 1. The number of rotatable bonds is 1. The molecular formula is C11H15BP. The summed E-state index contributed by atoms with van der Waals surface area (Å²) >= 11 is 0. The maximum absolute atomic E-state index is 2.41. The van der Waals surface area contributed by atoms with Crippen molar-refractivity contribution in [2.24, 2.45) is 0 Å². The van der Waals surface area contributed by atoms with Gasteiger partial charge in [-0.3, -0.25) is 0 Å². The zero-order chi connectivity index (χ0) is 8.39. The molecule has 0 unspecified atom stereocenters. The van der Waals surface area contributed by atoms with E-state index in [1.165, 1.54) is 19.0 Å². The van der Waals surface area contributed by atoms with Crippen molar-refractivity contribution in [1.29, 1.82) is 0 Å². The van der Waals surface area contributed by atoms with Gasteiger partial charge in [-0.05, 0) is 30.0 Å². The first-order chi connectivity index (χ1) is 5.88. The Morgan fingerprint density at radius 2 is 1.92 bits per heavy atom. The lowest BCUT2D eigenvalue weighted by molar-refractivity contribution is 0.836. The Bertz CT molecular complexity index is 248. The first-order valence-corrected chi connectivity index (χ1v) is 6.29. The summed E-state index contributed by atoms with van der Waals surface area (Å²) < 4.78 is 0. The molecule has 1 heterocycles. The molecule has 13 heavy (non-hydrogen) atoms. The highest BCUT2D eigenvalue weighted by Gasteiger charge is 2.23. The van der Waals surface area contributed by atoms with E-state index in [-0.39, 0.29) is 16.3 Å². The van der Waals surface area contributed by atoms with Gasteiger partial charge in [0, 0.05) is 8.41 Å². The molecule has 0 spiro atoms. The van der Waals surface area contributed by atoms with Crippen molar-refractivity contribution in [3.8, 4) is 0 Å². The fourth-order valence-electron chi connectivity index (χ4n) is 1.94. The minimum absolute atomic E-state index is 0. The number of hydrogen-bond acceptors (Lipinski definition) is 0. The van der Waals surface area contributed by atoms with Crippen LogP contribution in [0.25, 0.3) is 0 Å². The van der Waals surface area contributed by atoms with E-state index in [9.17, 15) is 0 Å². The van der Waals surface area contributed by atoms with Gasteiger partial charge in [-0.2, -0.15) is 0 Å². The van der Waals surface area contributed by atoms with Gasteiger partial charge in [-0.15, -0.1) is 0 Å². The smallest absolute Gasteiger partial charge is 0 e. The molecule has 1 aromatic rings. The van der Waals surface area contributed by atoms with Gasteiger partial charge in [0.25, 0.3) is 0 Å². The summed E-state index contributed by atoms with van der Waals surface area (Å²) in [5.41, 5.74) is 0.961. The Labute approximate surface area is 84.1 Å². The summed E-state index contributed by atoms with van der Waals surface area (Å²) in [4.78, 5) is 0. The highest BCUT2D eigenvalue weighted by Crippen LogP contribution is 2.48. The molecule has 0 aromatic heterocycles. The normalized spacial score (nSPS) is 26.8. The van der Waals surface area contributed by atoms with Crippen molar-refractivity contribution < 1.29 is 0 Å². The van der Waals surface area contributed by atoms with Gasteiger partial charge in [0.1, 0.15) is 0 Å². The lowest BCUT2D eigenvalue weighted by Gasteiger charge is -2.15. The van der Waals surface area contributed by atoms with E-state index in [4.69, 9.17) is 0 Å². The quantitative estimate of drug-likeness (QED) is 0.470. The van der Waals surface area contributed by atoms with Crippen LogP contribution in [0.5, 0.6) is 0 Å². The topological polar surface area (TPSA) is 0 Å². The molecule has 1 aliphatic heterocycles. The maximum Gasteiger partial charge on any atom is 0 e. The summed E-state index contributed by atoms with van der Waals surface area (Å²) in [6.45, 7) is 2.41. The van der Waals surface area contributed by atoms with Crippen molar-refractivity contribution in [1.82, 2.24) is 0 Å². The van der Waals surface area contributed by atoms with Crippen LogP contribution in [-0.2, 0) is 0 Å². The highest BCUT2D eigenvalue weighted by atomic mass is 31.1. The van der Waals surface area contributed by atoms with E-state index in [0.29, 0.717) is 0 Å². The Morgan fingerprint density at radius 3 is 2.46 bits per heavy atom. The zero-order valence-corrected chi connectivity index (χ0v) is 9.00. The highest BCUT2D eigenvalue weighted by molar-refractivity contribution is 7.66.